The molecule has 0 spiro atoms. The standard InChI is InChI=1S/C19H19ClN2O/c1-22(11-12-23-18-9-3-8-17(20)13-18)14-16-6-2-5-15-7-4-10-21-19(15)16/h2-10,13H,11-12,14H2,1H3. The minimum Gasteiger partial charge on any atom is -0.492 e. The Labute approximate surface area is 141 Å². The summed E-state index contributed by atoms with van der Waals surface area (Å²) in [7, 11) is 2.09. The van der Waals surface area contributed by atoms with Gasteiger partial charge in [0.1, 0.15) is 12.4 Å². The fourth-order valence-electron chi connectivity index (χ4n) is 2.54. The number of pyridine rings is 1. The lowest BCUT2D eigenvalue weighted by Crippen LogP contribution is -2.24. The Balaban J connectivity index is 1.57. The first-order valence-corrected chi connectivity index (χ1v) is 8.00. The van der Waals surface area contributed by atoms with Crippen LogP contribution in [0.2, 0.25) is 5.02 Å². The van der Waals surface area contributed by atoms with Crippen molar-refractivity contribution in [1.82, 2.24) is 9.88 Å². The summed E-state index contributed by atoms with van der Waals surface area (Å²) in [5.74, 6) is 0.803. The van der Waals surface area contributed by atoms with Gasteiger partial charge in [-0.3, -0.25) is 9.88 Å². The molecule has 1 aromatic heterocycles. The Hall–Kier alpha value is -2.10. The highest BCUT2D eigenvalue weighted by Crippen LogP contribution is 2.18. The largest absolute Gasteiger partial charge is 0.492 e. The molecule has 3 nitrogen and oxygen atoms in total. The van der Waals surface area contributed by atoms with Crippen molar-refractivity contribution in [2.45, 2.75) is 6.54 Å². The number of nitrogens with zero attached hydrogens (tertiary/aromatic N) is 2. The topological polar surface area (TPSA) is 25.4 Å². The number of benzene rings is 2. The molecular weight excluding hydrogens is 308 g/mol. The van der Waals surface area contributed by atoms with Gasteiger partial charge in [-0.15, -0.1) is 0 Å². The van der Waals surface area contributed by atoms with Crippen LogP contribution in [0.3, 0.4) is 0 Å². The van der Waals surface area contributed by atoms with Crippen molar-refractivity contribution in [3.63, 3.8) is 0 Å². The van der Waals surface area contributed by atoms with Gasteiger partial charge in [0, 0.05) is 29.7 Å². The van der Waals surface area contributed by atoms with Crippen molar-refractivity contribution in [2.24, 2.45) is 0 Å². The van der Waals surface area contributed by atoms with Crippen LogP contribution in [0.25, 0.3) is 10.9 Å². The third-order valence-corrected chi connectivity index (χ3v) is 3.93. The Bertz CT molecular complexity index is 786. The minimum absolute atomic E-state index is 0.620. The van der Waals surface area contributed by atoms with Crippen LogP contribution in [-0.2, 0) is 6.54 Å². The number of para-hydroxylation sites is 1. The Morgan fingerprint density at radius 2 is 1.91 bits per heavy atom. The van der Waals surface area contributed by atoms with Crippen LogP contribution in [-0.4, -0.2) is 30.1 Å². The van der Waals surface area contributed by atoms with Gasteiger partial charge in [0.05, 0.1) is 5.52 Å². The number of fused-ring (bicyclic) bond motifs is 1. The fourth-order valence-corrected chi connectivity index (χ4v) is 2.72. The predicted octanol–water partition coefficient (Wildman–Crippen LogP) is 4.40. The Kier molecular flexibility index (Phi) is 5.11. The Morgan fingerprint density at radius 3 is 2.78 bits per heavy atom. The normalized spacial score (nSPS) is 11.1. The van der Waals surface area contributed by atoms with Gasteiger partial charge >= 0.3 is 0 Å². The van der Waals surface area contributed by atoms with Crippen molar-refractivity contribution >= 4 is 22.5 Å². The molecule has 0 aliphatic carbocycles. The highest BCUT2D eigenvalue weighted by molar-refractivity contribution is 6.30. The minimum atomic E-state index is 0.620. The molecule has 0 saturated heterocycles. The molecule has 3 aromatic rings. The van der Waals surface area contributed by atoms with E-state index in [1.54, 1.807) is 0 Å². The maximum absolute atomic E-state index is 5.95. The third-order valence-electron chi connectivity index (χ3n) is 3.69. The number of ether oxygens (including phenoxy) is 1. The van der Waals surface area contributed by atoms with E-state index < -0.39 is 0 Å². The second-order valence-electron chi connectivity index (χ2n) is 5.54. The lowest BCUT2D eigenvalue weighted by Gasteiger charge is -2.18. The maximum atomic E-state index is 5.95. The molecule has 4 heteroatoms. The van der Waals surface area contributed by atoms with E-state index in [1.807, 2.05) is 36.5 Å². The molecule has 0 aliphatic rings. The molecule has 0 bridgehead atoms. The van der Waals surface area contributed by atoms with Crippen molar-refractivity contribution in [3.05, 3.63) is 71.4 Å². The molecule has 0 amide bonds. The molecule has 0 N–H and O–H groups in total. The van der Waals surface area contributed by atoms with Crippen LogP contribution in [0.15, 0.2) is 60.8 Å². The molecule has 0 radical (unpaired) electrons. The molecule has 118 valence electrons. The second kappa shape index (κ2) is 7.44. The number of hydrogen-bond acceptors (Lipinski definition) is 3. The van der Waals surface area contributed by atoms with E-state index in [0.717, 1.165) is 24.4 Å². The summed E-state index contributed by atoms with van der Waals surface area (Å²) in [6, 6.07) is 17.8. The third kappa shape index (κ3) is 4.21. The molecule has 0 aliphatic heterocycles. The highest BCUT2D eigenvalue weighted by Gasteiger charge is 2.06. The van der Waals surface area contributed by atoms with E-state index in [4.69, 9.17) is 16.3 Å². The SMILES string of the molecule is CN(CCOc1cccc(Cl)c1)Cc1cccc2cccnc12. The average molecular weight is 327 g/mol. The van der Waals surface area contributed by atoms with Crippen LogP contribution in [0.4, 0.5) is 0 Å². The first kappa shape index (κ1) is 15.8. The van der Waals surface area contributed by atoms with Gasteiger partial charge in [0.15, 0.2) is 0 Å². The molecule has 0 atom stereocenters. The van der Waals surface area contributed by atoms with Crippen LogP contribution < -0.4 is 4.74 Å². The summed E-state index contributed by atoms with van der Waals surface area (Å²) in [5, 5.41) is 1.87. The van der Waals surface area contributed by atoms with E-state index >= 15 is 0 Å². The molecule has 1 heterocycles. The fraction of sp³-hybridized carbons (Fsp3) is 0.211. The predicted molar refractivity (Wildman–Crippen MR) is 95.0 cm³/mol. The van der Waals surface area contributed by atoms with Crippen molar-refractivity contribution in [3.8, 4) is 5.75 Å². The lowest BCUT2D eigenvalue weighted by molar-refractivity contribution is 0.233. The van der Waals surface area contributed by atoms with Gasteiger partial charge < -0.3 is 4.74 Å². The van der Waals surface area contributed by atoms with Crippen LogP contribution in [0.1, 0.15) is 5.56 Å². The van der Waals surface area contributed by atoms with Gasteiger partial charge in [0.2, 0.25) is 0 Å². The van der Waals surface area contributed by atoms with Crippen molar-refractivity contribution < 1.29 is 4.74 Å². The van der Waals surface area contributed by atoms with Gasteiger partial charge in [-0.05, 0) is 36.9 Å². The first-order valence-electron chi connectivity index (χ1n) is 7.62. The van der Waals surface area contributed by atoms with E-state index in [0.29, 0.717) is 11.6 Å². The quantitative estimate of drug-likeness (QED) is 0.671. The zero-order valence-electron chi connectivity index (χ0n) is 13.1. The van der Waals surface area contributed by atoms with Crippen LogP contribution in [0.5, 0.6) is 5.75 Å². The first-order chi connectivity index (χ1) is 11.2. The van der Waals surface area contributed by atoms with Gasteiger partial charge in [-0.2, -0.15) is 0 Å². The molecule has 0 unspecified atom stereocenters. The number of likely N-dealkylation sites (N-methyl/N-ethyl adjacent to an activating group) is 1. The second-order valence-corrected chi connectivity index (χ2v) is 5.97. The molecule has 0 fully saturated rings. The average Bonchev–Trinajstić information content (AvgIpc) is 2.55. The van der Waals surface area contributed by atoms with Crippen LogP contribution in [0, 0.1) is 0 Å². The van der Waals surface area contributed by atoms with E-state index in [9.17, 15) is 0 Å². The number of aromatic nitrogens is 1. The monoisotopic (exact) mass is 326 g/mol. The molecule has 0 saturated carbocycles. The van der Waals surface area contributed by atoms with E-state index in [2.05, 4.69) is 41.2 Å². The molecule has 3 rings (SSSR count). The van der Waals surface area contributed by atoms with Gasteiger partial charge in [-0.1, -0.05) is 41.9 Å². The zero-order valence-corrected chi connectivity index (χ0v) is 13.8. The summed E-state index contributed by atoms with van der Waals surface area (Å²) in [6.45, 7) is 2.29. The van der Waals surface area contributed by atoms with Gasteiger partial charge in [0.25, 0.3) is 0 Å². The number of hydrogen-bond donors (Lipinski definition) is 0. The smallest absolute Gasteiger partial charge is 0.120 e. The summed E-state index contributed by atoms with van der Waals surface area (Å²) < 4.78 is 5.74. The van der Waals surface area contributed by atoms with Gasteiger partial charge in [-0.25, -0.2) is 0 Å². The summed E-state index contributed by atoms with van der Waals surface area (Å²) >= 11 is 5.95. The summed E-state index contributed by atoms with van der Waals surface area (Å²) in [6.07, 6.45) is 1.84. The molecule has 23 heavy (non-hydrogen) atoms. The summed E-state index contributed by atoms with van der Waals surface area (Å²) in [5.41, 5.74) is 2.30. The highest BCUT2D eigenvalue weighted by atomic mass is 35.5. The Morgan fingerprint density at radius 1 is 1.09 bits per heavy atom. The molecular formula is C19H19ClN2O. The van der Waals surface area contributed by atoms with E-state index in [-0.39, 0.29) is 0 Å². The zero-order chi connectivity index (χ0) is 16.1. The maximum Gasteiger partial charge on any atom is 0.120 e. The van der Waals surface area contributed by atoms with Crippen molar-refractivity contribution in [2.75, 3.05) is 20.2 Å². The van der Waals surface area contributed by atoms with E-state index in [1.165, 1.54) is 10.9 Å². The number of rotatable bonds is 6. The molecule has 2 aromatic carbocycles. The van der Waals surface area contributed by atoms with Crippen molar-refractivity contribution in [1.29, 1.82) is 0 Å². The number of halogens is 1. The summed E-state index contributed by atoms with van der Waals surface area (Å²) in [4.78, 5) is 6.73. The lowest BCUT2D eigenvalue weighted by atomic mass is 10.1. The van der Waals surface area contributed by atoms with Crippen LogP contribution >= 0.6 is 11.6 Å².